The van der Waals surface area contributed by atoms with Crippen molar-refractivity contribution in [1.82, 2.24) is 14.8 Å². The van der Waals surface area contributed by atoms with E-state index in [1.807, 2.05) is 24.1 Å². The molecule has 114 valence electrons. The zero-order chi connectivity index (χ0) is 14.8. The minimum absolute atomic E-state index is 0.148. The summed E-state index contributed by atoms with van der Waals surface area (Å²) in [6.45, 7) is 5.99. The van der Waals surface area contributed by atoms with Gasteiger partial charge in [-0.15, -0.1) is 0 Å². The number of nitrogens with zero attached hydrogens (tertiary/aromatic N) is 3. The summed E-state index contributed by atoms with van der Waals surface area (Å²) in [5.41, 5.74) is 1.72. The fourth-order valence-corrected chi connectivity index (χ4v) is 3.38. The van der Waals surface area contributed by atoms with Gasteiger partial charge in [-0.1, -0.05) is 6.92 Å². The van der Waals surface area contributed by atoms with Gasteiger partial charge in [0.25, 0.3) is 5.91 Å². The van der Waals surface area contributed by atoms with Gasteiger partial charge in [0.1, 0.15) is 5.82 Å². The Bertz CT molecular complexity index is 509. The van der Waals surface area contributed by atoms with Crippen LogP contribution in [0, 0.1) is 0 Å². The Morgan fingerprint density at radius 1 is 1.38 bits per heavy atom. The first-order chi connectivity index (χ1) is 10.2. The number of hydrogen-bond acceptors (Lipinski definition) is 4. The molecule has 3 rings (SSSR count). The molecule has 5 heteroatoms. The lowest BCUT2D eigenvalue weighted by atomic mass is 10.1. The van der Waals surface area contributed by atoms with Gasteiger partial charge in [0.05, 0.1) is 0 Å². The van der Waals surface area contributed by atoms with Crippen LogP contribution in [0.4, 0.5) is 5.82 Å². The Balaban J connectivity index is 1.78. The monoisotopic (exact) mass is 288 g/mol. The lowest BCUT2D eigenvalue weighted by Crippen LogP contribution is -2.52. The quantitative estimate of drug-likeness (QED) is 0.918. The molecule has 2 saturated heterocycles. The number of pyridine rings is 1. The summed E-state index contributed by atoms with van der Waals surface area (Å²) >= 11 is 0. The Labute approximate surface area is 126 Å². The summed E-state index contributed by atoms with van der Waals surface area (Å²) in [4.78, 5) is 21.8. The molecule has 0 saturated carbocycles. The molecule has 0 aliphatic carbocycles. The number of carbonyl (C=O) groups excluding carboxylic acids is 1. The van der Waals surface area contributed by atoms with Crippen LogP contribution in [-0.2, 0) is 6.42 Å². The molecule has 1 aromatic rings. The van der Waals surface area contributed by atoms with E-state index in [0.717, 1.165) is 43.1 Å². The third kappa shape index (κ3) is 2.88. The van der Waals surface area contributed by atoms with Crippen molar-refractivity contribution in [2.24, 2.45) is 0 Å². The first kappa shape index (κ1) is 14.3. The van der Waals surface area contributed by atoms with Crippen molar-refractivity contribution in [2.75, 3.05) is 38.5 Å². The second-order valence-corrected chi connectivity index (χ2v) is 5.92. The number of nitrogens with one attached hydrogen (secondary N) is 1. The molecule has 1 N–H and O–H groups in total. The van der Waals surface area contributed by atoms with Crippen LogP contribution in [-0.4, -0.2) is 60.0 Å². The summed E-state index contributed by atoms with van der Waals surface area (Å²) in [5.74, 6) is 0.923. The second-order valence-electron chi connectivity index (χ2n) is 5.92. The van der Waals surface area contributed by atoms with E-state index in [9.17, 15) is 4.79 Å². The Hall–Kier alpha value is -1.62. The highest BCUT2D eigenvalue weighted by atomic mass is 16.2. The lowest BCUT2D eigenvalue weighted by molar-refractivity contribution is 0.0571. The maximum atomic E-state index is 12.8. The van der Waals surface area contributed by atoms with Crippen LogP contribution in [0.1, 0.15) is 35.8 Å². The number of piperazine rings is 1. The van der Waals surface area contributed by atoms with E-state index in [4.69, 9.17) is 0 Å². The van der Waals surface area contributed by atoms with E-state index in [0.29, 0.717) is 6.04 Å². The highest BCUT2D eigenvalue weighted by Crippen LogP contribution is 2.23. The number of rotatable bonds is 3. The van der Waals surface area contributed by atoms with Crippen LogP contribution in [0.25, 0.3) is 0 Å². The molecule has 1 aromatic heterocycles. The van der Waals surface area contributed by atoms with Crippen LogP contribution in [0.3, 0.4) is 0 Å². The molecule has 2 aliphatic rings. The summed E-state index contributed by atoms with van der Waals surface area (Å²) in [6, 6.07) is 4.37. The normalized spacial score (nSPS) is 22.2. The zero-order valence-electron chi connectivity index (χ0n) is 12.9. The van der Waals surface area contributed by atoms with Gasteiger partial charge in [0, 0.05) is 44.0 Å². The highest BCUT2D eigenvalue weighted by Gasteiger charge is 2.32. The van der Waals surface area contributed by atoms with Crippen LogP contribution in [0.5, 0.6) is 0 Å². The summed E-state index contributed by atoms with van der Waals surface area (Å²) < 4.78 is 0. The van der Waals surface area contributed by atoms with E-state index >= 15 is 0 Å². The van der Waals surface area contributed by atoms with E-state index in [-0.39, 0.29) is 5.91 Å². The molecule has 2 fully saturated rings. The molecule has 0 bridgehead atoms. The molecule has 0 spiro atoms. The van der Waals surface area contributed by atoms with Crippen molar-refractivity contribution < 1.29 is 4.79 Å². The van der Waals surface area contributed by atoms with Crippen LogP contribution >= 0.6 is 0 Å². The predicted octanol–water partition coefficient (Wildman–Crippen LogP) is 1.61. The largest absolute Gasteiger partial charge is 0.373 e. The van der Waals surface area contributed by atoms with Gasteiger partial charge < -0.3 is 10.2 Å². The van der Waals surface area contributed by atoms with Crippen molar-refractivity contribution in [3.05, 3.63) is 23.4 Å². The third-order valence-electron chi connectivity index (χ3n) is 4.62. The molecule has 0 aromatic carbocycles. The van der Waals surface area contributed by atoms with Crippen molar-refractivity contribution in [2.45, 2.75) is 32.2 Å². The van der Waals surface area contributed by atoms with Crippen molar-refractivity contribution in [1.29, 1.82) is 0 Å². The smallest absolute Gasteiger partial charge is 0.254 e. The molecule has 0 radical (unpaired) electrons. The fraction of sp³-hybridized carbons (Fsp3) is 0.625. The predicted molar refractivity (Wildman–Crippen MR) is 83.7 cm³/mol. The summed E-state index contributed by atoms with van der Waals surface area (Å²) in [5, 5.41) is 3.05. The average Bonchev–Trinajstić information content (AvgIpc) is 3.01. The van der Waals surface area contributed by atoms with Gasteiger partial charge in [0.2, 0.25) is 0 Å². The number of anilines is 1. The van der Waals surface area contributed by atoms with Gasteiger partial charge in [0.15, 0.2) is 0 Å². The Morgan fingerprint density at radius 3 is 3.00 bits per heavy atom. The molecule has 1 unspecified atom stereocenters. The number of carbonyl (C=O) groups is 1. The van der Waals surface area contributed by atoms with Crippen LogP contribution in [0.2, 0.25) is 0 Å². The highest BCUT2D eigenvalue weighted by molar-refractivity contribution is 5.95. The fourth-order valence-electron chi connectivity index (χ4n) is 3.38. The standard InChI is InChI=1S/C16H24N4O/c1-3-13-9-12(10-15(17-2)18-13)16(21)20-8-7-19-6-4-5-14(19)11-20/h9-10,14H,3-8,11H2,1-2H3,(H,17,18). The molecule has 1 amide bonds. The van der Waals surface area contributed by atoms with Gasteiger partial charge in [-0.3, -0.25) is 9.69 Å². The molecule has 21 heavy (non-hydrogen) atoms. The van der Waals surface area contributed by atoms with Crippen molar-refractivity contribution in [3.8, 4) is 0 Å². The van der Waals surface area contributed by atoms with E-state index in [1.54, 1.807) is 0 Å². The first-order valence-electron chi connectivity index (χ1n) is 7.93. The minimum atomic E-state index is 0.148. The average molecular weight is 288 g/mol. The van der Waals surface area contributed by atoms with Gasteiger partial charge in [-0.2, -0.15) is 0 Å². The van der Waals surface area contributed by atoms with Crippen molar-refractivity contribution in [3.63, 3.8) is 0 Å². The number of amides is 1. The molecule has 3 heterocycles. The van der Waals surface area contributed by atoms with Gasteiger partial charge in [-0.05, 0) is 37.9 Å². The first-order valence-corrected chi connectivity index (χ1v) is 7.93. The summed E-state index contributed by atoms with van der Waals surface area (Å²) in [6.07, 6.45) is 3.33. The molecule has 5 nitrogen and oxygen atoms in total. The second kappa shape index (κ2) is 6.02. The SMILES string of the molecule is CCc1cc(C(=O)N2CCN3CCCC3C2)cc(NC)n1. The Kier molecular flexibility index (Phi) is 4.10. The lowest BCUT2D eigenvalue weighted by Gasteiger charge is -2.37. The third-order valence-corrected chi connectivity index (χ3v) is 4.62. The maximum Gasteiger partial charge on any atom is 0.254 e. The Morgan fingerprint density at radius 2 is 2.24 bits per heavy atom. The van der Waals surface area contributed by atoms with E-state index in [1.165, 1.54) is 19.4 Å². The maximum absolute atomic E-state index is 12.8. The van der Waals surface area contributed by atoms with Gasteiger partial charge in [-0.25, -0.2) is 4.98 Å². The number of aryl methyl sites for hydroxylation is 1. The molecule has 2 aliphatic heterocycles. The van der Waals surface area contributed by atoms with Crippen LogP contribution < -0.4 is 5.32 Å². The van der Waals surface area contributed by atoms with Crippen molar-refractivity contribution >= 4 is 11.7 Å². The number of fused-ring (bicyclic) bond motifs is 1. The summed E-state index contributed by atoms with van der Waals surface area (Å²) in [7, 11) is 1.84. The van der Waals surface area contributed by atoms with Crippen LogP contribution in [0.15, 0.2) is 12.1 Å². The minimum Gasteiger partial charge on any atom is -0.373 e. The van der Waals surface area contributed by atoms with E-state index < -0.39 is 0 Å². The number of aromatic nitrogens is 1. The topological polar surface area (TPSA) is 48.5 Å². The van der Waals surface area contributed by atoms with Gasteiger partial charge >= 0.3 is 0 Å². The number of hydrogen-bond donors (Lipinski definition) is 1. The molecule has 1 atom stereocenters. The molecular weight excluding hydrogens is 264 g/mol. The van der Waals surface area contributed by atoms with E-state index in [2.05, 4.69) is 22.1 Å². The molecular formula is C16H24N4O. The zero-order valence-corrected chi connectivity index (χ0v) is 12.9.